The number of para-hydroxylation sites is 1. The van der Waals surface area contributed by atoms with Crippen LogP contribution in [0.3, 0.4) is 0 Å². The van der Waals surface area contributed by atoms with Crippen molar-refractivity contribution in [2.75, 3.05) is 0 Å². The number of hydrogen-bond donors (Lipinski definition) is 1. The summed E-state index contributed by atoms with van der Waals surface area (Å²) in [5.41, 5.74) is 0.946. The Morgan fingerprint density at radius 3 is 2.62 bits per heavy atom. The lowest BCUT2D eigenvalue weighted by Crippen LogP contribution is -2.27. The van der Waals surface area contributed by atoms with Gasteiger partial charge in [0.1, 0.15) is 0 Å². The van der Waals surface area contributed by atoms with Gasteiger partial charge in [-0.15, -0.1) is 11.3 Å². The van der Waals surface area contributed by atoms with Crippen LogP contribution in [0.4, 0.5) is 0 Å². The van der Waals surface area contributed by atoms with Crippen molar-refractivity contribution < 1.29 is 5.11 Å². The van der Waals surface area contributed by atoms with Crippen LogP contribution >= 0.6 is 11.3 Å². The molecule has 0 radical (unpaired) electrons. The van der Waals surface area contributed by atoms with Gasteiger partial charge in [0.25, 0.3) is 0 Å². The predicted molar refractivity (Wildman–Crippen MR) is 68.8 cm³/mol. The molecule has 0 bridgehead atoms. The molecule has 0 aliphatic carbocycles. The average Bonchev–Trinajstić information content (AvgIpc) is 2.58. The van der Waals surface area contributed by atoms with Crippen LogP contribution in [0, 0.1) is 5.41 Å². The Kier molecular flexibility index (Phi) is 3.00. The molecule has 0 saturated heterocycles. The molecule has 2 rings (SSSR count). The molecule has 0 aliphatic rings. The van der Waals surface area contributed by atoms with Crippen molar-refractivity contribution in [2.45, 2.75) is 33.3 Å². The Bertz CT molecular complexity index is 451. The number of thiazole rings is 1. The molecule has 0 fully saturated rings. The van der Waals surface area contributed by atoms with Gasteiger partial charge in [-0.2, -0.15) is 0 Å². The molecule has 0 spiro atoms. The number of hydrogen-bond acceptors (Lipinski definition) is 3. The Hall–Kier alpha value is -0.930. The molecule has 2 aromatic rings. The third kappa shape index (κ3) is 2.42. The summed E-state index contributed by atoms with van der Waals surface area (Å²) in [5, 5.41) is 11.0. The van der Waals surface area contributed by atoms with Gasteiger partial charge in [0.15, 0.2) is 0 Å². The van der Waals surface area contributed by atoms with Gasteiger partial charge in [-0.25, -0.2) is 4.98 Å². The molecule has 86 valence electrons. The third-order valence-corrected chi connectivity index (χ3v) is 3.76. The fourth-order valence-corrected chi connectivity index (χ4v) is 2.48. The lowest BCUT2D eigenvalue weighted by Gasteiger charge is -2.24. The molecule has 0 saturated carbocycles. The Balaban J connectivity index is 2.22. The Labute approximate surface area is 100.0 Å². The van der Waals surface area contributed by atoms with E-state index in [1.165, 1.54) is 4.70 Å². The number of aromatic nitrogens is 1. The van der Waals surface area contributed by atoms with Gasteiger partial charge < -0.3 is 5.11 Å². The normalized spacial score (nSPS) is 14.2. The minimum absolute atomic E-state index is 0.0855. The molecular formula is C13H17NOS. The summed E-state index contributed by atoms with van der Waals surface area (Å²) in [6.07, 6.45) is 0.302. The zero-order valence-electron chi connectivity index (χ0n) is 9.90. The first-order valence-electron chi connectivity index (χ1n) is 5.49. The second-order valence-electron chi connectivity index (χ2n) is 5.16. The second kappa shape index (κ2) is 4.15. The van der Waals surface area contributed by atoms with E-state index >= 15 is 0 Å². The zero-order chi connectivity index (χ0) is 11.8. The van der Waals surface area contributed by atoms with E-state index in [1.807, 2.05) is 39.0 Å². The van der Waals surface area contributed by atoms with Crippen molar-refractivity contribution in [1.29, 1.82) is 0 Å². The number of aliphatic hydroxyl groups excluding tert-OH is 1. The van der Waals surface area contributed by atoms with Gasteiger partial charge in [0.2, 0.25) is 0 Å². The van der Waals surface area contributed by atoms with Crippen LogP contribution < -0.4 is 0 Å². The highest BCUT2D eigenvalue weighted by molar-refractivity contribution is 7.18. The smallest absolute Gasteiger partial charge is 0.0964 e. The third-order valence-electron chi connectivity index (χ3n) is 2.71. The van der Waals surface area contributed by atoms with Gasteiger partial charge in [0.05, 0.1) is 21.3 Å². The molecule has 1 unspecified atom stereocenters. The summed E-state index contributed by atoms with van der Waals surface area (Å²) in [6, 6.07) is 8.09. The van der Waals surface area contributed by atoms with E-state index in [2.05, 4.69) is 11.1 Å². The van der Waals surface area contributed by atoms with E-state index in [0.29, 0.717) is 6.42 Å². The van der Waals surface area contributed by atoms with Crippen molar-refractivity contribution in [2.24, 2.45) is 5.41 Å². The van der Waals surface area contributed by atoms with E-state index in [-0.39, 0.29) is 11.5 Å². The molecule has 1 aromatic carbocycles. The van der Waals surface area contributed by atoms with E-state index in [4.69, 9.17) is 0 Å². The molecule has 0 aliphatic heterocycles. The quantitative estimate of drug-likeness (QED) is 0.866. The molecule has 1 aromatic heterocycles. The van der Waals surface area contributed by atoms with Crippen LogP contribution in [0.2, 0.25) is 0 Å². The van der Waals surface area contributed by atoms with Crippen LogP contribution in [-0.4, -0.2) is 16.2 Å². The van der Waals surface area contributed by atoms with E-state index < -0.39 is 0 Å². The molecular weight excluding hydrogens is 218 g/mol. The van der Waals surface area contributed by atoms with E-state index in [9.17, 15) is 5.11 Å². The number of benzene rings is 1. The lowest BCUT2D eigenvalue weighted by molar-refractivity contribution is 0.0636. The standard InChI is InChI=1S/C13H17NOS/c1-13(2,3)11(15)8-12-14-9-6-4-5-7-10(9)16-12/h4-7,11,15H,8H2,1-3H3. The van der Waals surface area contributed by atoms with Crippen molar-refractivity contribution >= 4 is 21.6 Å². The summed E-state index contributed by atoms with van der Waals surface area (Å²) >= 11 is 1.67. The molecule has 3 heteroatoms. The van der Waals surface area contributed by atoms with E-state index in [1.54, 1.807) is 11.3 Å². The van der Waals surface area contributed by atoms with Gasteiger partial charge >= 0.3 is 0 Å². The first-order chi connectivity index (χ1) is 7.47. The van der Waals surface area contributed by atoms with Gasteiger partial charge in [-0.05, 0) is 17.5 Å². The molecule has 1 heterocycles. The van der Waals surface area contributed by atoms with Crippen molar-refractivity contribution in [1.82, 2.24) is 4.98 Å². The molecule has 2 nitrogen and oxygen atoms in total. The Morgan fingerprint density at radius 2 is 2.00 bits per heavy atom. The predicted octanol–water partition coefficient (Wildman–Crippen LogP) is 3.25. The first kappa shape index (κ1) is 11.6. The Morgan fingerprint density at radius 1 is 1.31 bits per heavy atom. The first-order valence-corrected chi connectivity index (χ1v) is 6.31. The van der Waals surface area contributed by atoms with Crippen LogP contribution in [-0.2, 0) is 6.42 Å². The largest absolute Gasteiger partial charge is 0.392 e. The number of nitrogens with zero attached hydrogens (tertiary/aromatic N) is 1. The summed E-state index contributed by atoms with van der Waals surface area (Å²) in [6.45, 7) is 6.14. The van der Waals surface area contributed by atoms with Crippen LogP contribution in [0.25, 0.3) is 10.2 Å². The highest BCUT2D eigenvalue weighted by Crippen LogP contribution is 2.27. The van der Waals surface area contributed by atoms with Gasteiger partial charge in [0, 0.05) is 6.42 Å². The molecule has 0 amide bonds. The molecule has 1 N–H and O–H groups in total. The van der Waals surface area contributed by atoms with E-state index in [0.717, 1.165) is 10.5 Å². The average molecular weight is 235 g/mol. The van der Waals surface area contributed by atoms with Crippen molar-refractivity contribution in [3.05, 3.63) is 29.3 Å². The van der Waals surface area contributed by atoms with Crippen molar-refractivity contribution in [3.8, 4) is 0 Å². The van der Waals surface area contributed by atoms with Crippen LogP contribution in [0.15, 0.2) is 24.3 Å². The molecule has 1 atom stereocenters. The SMILES string of the molecule is CC(C)(C)C(O)Cc1nc2ccccc2s1. The zero-order valence-corrected chi connectivity index (χ0v) is 10.7. The summed E-state index contributed by atoms with van der Waals surface area (Å²) in [4.78, 5) is 4.52. The highest BCUT2D eigenvalue weighted by atomic mass is 32.1. The fourth-order valence-electron chi connectivity index (χ4n) is 1.48. The minimum atomic E-state index is -0.340. The minimum Gasteiger partial charge on any atom is -0.392 e. The number of aliphatic hydroxyl groups is 1. The topological polar surface area (TPSA) is 33.1 Å². The second-order valence-corrected chi connectivity index (χ2v) is 6.28. The maximum absolute atomic E-state index is 10.0. The van der Waals surface area contributed by atoms with Gasteiger partial charge in [-0.1, -0.05) is 32.9 Å². The van der Waals surface area contributed by atoms with Crippen LogP contribution in [0.1, 0.15) is 25.8 Å². The summed E-state index contributed by atoms with van der Waals surface area (Å²) in [5.74, 6) is 0. The monoisotopic (exact) mass is 235 g/mol. The van der Waals surface area contributed by atoms with Gasteiger partial charge in [-0.3, -0.25) is 0 Å². The maximum Gasteiger partial charge on any atom is 0.0964 e. The lowest BCUT2D eigenvalue weighted by atomic mass is 9.87. The summed E-state index contributed by atoms with van der Waals surface area (Å²) in [7, 11) is 0. The summed E-state index contributed by atoms with van der Waals surface area (Å²) < 4.78 is 1.19. The number of rotatable bonds is 2. The molecule has 16 heavy (non-hydrogen) atoms. The fraction of sp³-hybridized carbons (Fsp3) is 0.462. The number of fused-ring (bicyclic) bond motifs is 1. The van der Waals surface area contributed by atoms with Crippen molar-refractivity contribution in [3.63, 3.8) is 0 Å². The maximum atomic E-state index is 10.0. The van der Waals surface area contributed by atoms with Crippen LogP contribution in [0.5, 0.6) is 0 Å². The highest BCUT2D eigenvalue weighted by Gasteiger charge is 2.23.